The molecule has 126 valence electrons. The lowest BCUT2D eigenvalue weighted by molar-refractivity contribution is 0.182. The number of methoxy groups -OCH3 is 1. The third-order valence-corrected chi connectivity index (χ3v) is 4.49. The van der Waals surface area contributed by atoms with Crippen LogP contribution in [0.2, 0.25) is 0 Å². The van der Waals surface area contributed by atoms with Gasteiger partial charge in [-0.15, -0.1) is 0 Å². The minimum Gasteiger partial charge on any atom is -0.383 e. The molecule has 3 rings (SSSR count). The van der Waals surface area contributed by atoms with E-state index in [1.807, 2.05) is 21.6 Å². The number of fused-ring (bicyclic) bond motifs is 1. The van der Waals surface area contributed by atoms with Gasteiger partial charge in [0.25, 0.3) is 0 Å². The molecule has 0 unspecified atom stereocenters. The smallest absolute Gasteiger partial charge is 0.124 e. The van der Waals surface area contributed by atoms with E-state index in [0.717, 1.165) is 44.2 Å². The number of nitrogens with zero attached hydrogens (tertiary/aromatic N) is 4. The molecule has 3 heterocycles. The molecule has 0 radical (unpaired) electrons. The SMILES string of the molecule is COCCn1nc(C)c(CNC[C@@H]2CNc3ccnn3C2)c1C. The van der Waals surface area contributed by atoms with E-state index in [0.29, 0.717) is 12.5 Å². The molecule has 23 heavy (non-hydrogen) atoms. The highest BCUT2D eigenvalue weighted by Crippen LogP contribution is 2.16. The van der Waals surface area contributed by atoms with Crippen molar-refractivity contribution in [3.8, 4) is 0 Å². The minimum absolute atomic E-state index is 0.548. The van der Waals surface area contributed by atoms with E-state index in [1.54, 1.807) is 7.11 Å². The molecule has 7 nitrogen and oxygen atoms in total. The van der Waals surface area contributed by atoms with Gasteiger partial charge in [0.2, 0.25) is 0 Å². The number of aryl methyl sites for hydroxylation is 1. The van der Waals surface area contributed by atoms with E-state index >= 15 is 0 Å². The minimum atomic E-state index is 0.548. The Morgan fingerprint density at radius 3 is 3.13 bits per heavy atom. The quantitative estimate of drug-likeness (QED) is 0.802. The van der Waals surface area contributed by atoms with Gasteiger partial charge in [-0.3, -0.25) is 4.68 Å². The van der Waals surface area contributed by atoms with Gasteiger partial charge in [0.15, 0.2) is 0 Å². The van der Waals surface area contributed by atoms with Gasteiger partial charge in [0.1, 0.15) is 5.82 Å². The number of nitrogens with one attached hydrogen (secondary N) is 2. The standard InChI is InChI=1S/C16H26N6O/c1-12-15(13(2)21(20-12)6-7-23-3)10-17-8-14-9-18-16-4-5-19-22(16)11-14/h4-5,14,17-18H,6-11H2,1-3H3/t14-/m1/s1. The first kappa shape index (κ1) is 16.0. The third kappa shape index (κ3) is 3.56. The Bertz CT molecular complexity index is 647. The molecule has 0 saturated carbocycles. The van der Waals surface area contributed by atoms with Gasteiger partial charge in [0, 0.05) is 56.5 Å². The first-order chi connectivity index (χ1) is 11.2. The molecule has 0 aliphatic carbocycles. The van der Waals surface area contributed by atoms with Crippen LogP contribution < -0.4 is 10.6 Å². The predicted octanol–water partition coefficient (Wildman–Crippen LogP) is 1.17. The summed E-state index contributed by atoms with van der Waals surface area (Å²) in [5.41, 5.74) is 3.62. The van der Waals surface area contributed by atoms with E-state index in [4.69, 9.17) is 4.74 Å². The number of ether oxygens (including phenoxy) is 1. The zero-order valence-electron chi connectivity index (χ0n) is 14.2. The van der Waals surface area contributed by atoms with Crippen LogP contribution in [0.4, 0.5) is 5.82 Å². The molecule has 1 atom stereocenters. The van der Waals surface area contributed by atoms with E-state index in [1.165, 1.54) is 11.3 Å². The van der Waals surface area contributed by atoms with Crippen molar-refractivity contribution in [2.45, 2.75) is 33.5 Å². The van der Waals surface area contributed by atoms with Gasteiger partial charge < -0.3 is 15.4 Å². The molecule has 7 heteroatoms. The maximum atomic E-state index is 5.14. The van der Waals surface area contributed by atoms with Crippen molar-refractivity contribution in [1.82, 2.24) is 24.9 Å². The molecular weight excluding hydrogens is 292 g/mol. The molecule has 1 aliphatic heterocycles. The van der Waals surface area contributed by atoms with Crippen LogP contribution in [-0.2, 0) is 24.4 Å². The van der Waals surface area contributed by atoms with Crippen LogP contribution in [0, 0.1) is 19.8 Å². The Hall–Kier alpha value is -1.86. The fraction of sp³-hybridized carbons (Fsp3) is 0.625. The van der Waals surface area contributed by atoms with Crippen LogP contribution in [0.1, 0.15) is 17.0 Å². The number of anilines is 1. The maximum absolute atomic E-state index is 5.14. The van der Waals surface area contributed by atoms with Crippen molar-refractivity contribution >= 4 is 5.82 Å². The van der Waals surface area contributed by atoms with Gasteiger partial charge >= 0.3 is 0 Å². The summed E-state index contributed by atoms with van der Waals surface area (Å²) in [6.07, 6.45) is 1.85. The Balaban J connectivity index is 1.52. The monoisotopic (exact) mass is 318 g/mol. The van der Waals surface area contributed by atoms with E-state index in [2.05, 4.69) is 34.7 Å². The van der Waals surface area contributed by atoms with E-state index in [9.17, 15) is 0 Å². The lowest BCUT2D eigenvalue weighted by Gasteiger charge is -2.25. The second-order valence-corrected chi connectivity index (χ2v) is 6.14. The molecule has 1 aliphatic rings. The van der Waals surface area contributed by atoms with Crippen molar-refractivity contribution in [2.75, 3.05) is 32.1 Å². The summed E-state index contributed by atoms with van der Waals surface area (Å²) >= 11 is 0. The predicted molar refractivity (Wildman–Crippen MR) is 89.5 cm³/mol. The van der Waals surface area contributed by atoms with Gasteiger partial charge in [-0.05, 0) is 13.8 Å². The molecule has 2 aromatic heterocycles. The zero-order chi connectivity index (χ0) is 16.2. The average Bonchev–Trinajstić information content (AvgIpc) is 3.11. The summed E-state index contributed by atoms with van der Waals surface area (Å²) in [6.45, 7) is 9.47. The van der Waals surface area contributed by atoms with Crippen LogP contribution in [0.15, 0.2) is 12.3 Å². The lowest BCUT2D eigenvalue weighted by Crippen LogP contribution is -2.35. The van der Waals surface area contributed by atoms with Gasteiger partial charge in [-0.25, -0.2) is 4.68 Å². The van der Waals surface area contributed by atoms with Crippen molar-refractivity contribution in [3.63, 3.8) is 0 Å². The summed E-state index contributed by atoms with van der Waals surface area (Å²) in [5, 5.41) is 15.9. The molecule has 2 N–H and O–H groups in total. The highest BCUT2D eigenvalue weighted by molar-refractivity contribution is 5.35. The molecule has 0 fully saturated rings. The van der Waals surface area contributed by atoms with Crippen LogP contribution in [0.25, 0.3) is 0 Å². The normalized spacial score (nSPS) is 17.1. The number of rotatable bonds is 7. The first-order valence-electron chi connectivity index (χ1n) is 8.17. The van der Waals surface area contributed by atoms with Gasteiger partial charge in [0.05, 0.1) is 25.0 Å². The van der Waals surface area contributed by atoms with Crippen molar-refractivity contribution < 1.29 is 4.74 Å². The van der Waals surface area contributed by atoms with E-state index < -0.39 is 0 Å². The highest BCUT2D eigenvalue weighted by atomic mass is 16.5. The van der Waals surface area contributed by atoms with Crippen molar-refractivity contribution in [1.29, 1.82) is 0 Å². The summed E-state index contributed by atoms with van der Waals surface area (Å²) in [6, 6.07) is 2.02. The summed E-state index contributed by atoms with van der Waals surface area (Å²) in [5.74, 6) is 1.67. The first-order valence-corrected chi connectivity index (χ1v) is 8.17. The number of hydrogen-bond acceptors (Lipinski definition) is 5. The Morgan fingerprint density at radius 1 is 1.43 bits per heavy atom. The summed E-state index contributed by atoms with van der Waals surface area (Å²) in [4.78, 5) is 0. The molecule has 0 spiro atoms. The van der Waals surface area contributed by atoms with Crippen LogP contribution in [0.5, 0.6) is 0 Å². The molecule has 2 aromatic rings. The maximum Gasteiger partial charge on any atom is 0.124 e. The van der Waals surface area contributed by atoms with Crippen LogP contribution in [-0.4, -0.2) is 46.4 Å². The van der Waals surface area contributed by atoms with Gasteiger partial charge in [-0.2, -0.15) is 10.2 Å². The average molecular weight is 318 g/mol. The highest BCUT2D eigenvalue weighted by Gasteiger charge is 2.18. The fourth-order valence-electron chi connectivity index (χ4n) is 3.11. The molecule has 0 bridgehead atoms. The molecule has 0 aromatic carbocycles. The second kappa shape index (κ2) is 7.14. The Morgan fingerprint density at radius 2 is 2.30 bits per heavy atom. The van der Waals surface area contributed by atoms with Crippen LogP contribution in [0.3, 0.4) is 0 Å². The Kier molecular flexibility index (Phi) is 4.97. The largest absolute Gasteiger partial charge is 0.383 e. The molecule has 0 saturated heterocycles. The summed E-state index contributed by atoms with van der Waals surface area (Å²) < 4.78 is 9.21. The second-order valence-electron chi connectivity index (χ2n) is 6.14. The topological polar surface area (TPSA) is 68.9 Å². The number of hydrogen-bond donors (Lipinski definition) is 2. The number of aromatic nitrogens is 4. The van der Waals surface area contributed by atoms with Crippen molar-refractivity contribution in [2.24, 2.45) is 5.92 Å². The zero-order valence-corrected chi connectivity index (χ0v) is 14.2. The molecule has 0 amide bonds. The fourth-order valence-corrected chi connectivity index (χ4v) is 3.11. The van der Waals surface area contributed by atoms with Crippen molar-refractivity contribution in [3.05, 3.63) is 29.2 Å². The summed E-state index contributed by atoms with van der Waals surface area (Å²) in [7, 11) is 1.72. The Labute approximate surface area is 137 Å². The lowest BCUT2D eigenvalue weighted by atomic mass is 10.1. The third-order valence-electron chi connectivity index (χ3n) is 4.49. The molecular formula is C16H26N6O. The van der Waals surface area contributed by atoms with Crippen LogP contribution >= 0.6 is 0 Å². The van der Waals surface area contributed by atoms with E-state index in [-0.39, 0.29) is 0 Å². The van der Waals surface area contributed by atoms with Gasteiger partial charge in [-0.1, -0.05) is 0 Å².